The molecule has 0 aliphatic rings. The van der Waals surface area contributed by atoms with Crippen LogP contribution in [-0.2, 0) is 0 Å². The van der Waals surface area contributed by atoms with E-state index in [-0.39, 0.29) is 0 Å². The van der Waals surface area contributed by atoms with Crippen LogP contribution in [0.1, 0.15) is 0 Å². The topological polar surface area (TPSA) is 81.6 Å². The number of thiophene rings is 2. The molecule has 0 fully saturated rings. The summed E-state index contributed by atoms with van der Waals surface area (Å²) in [6, 6.07) is 67.0. The lowest BCUT2D eigenvalue weighted by Gasteiger charge is -2.10. The first kappa shape index (κ1) is 44.7. The van der Waals surface area contributed by atoms with E-state index in [9.17, 15) is 0 Å². The molecule has 0 spiro atoms. The van der Waals surface area contributed by atoms with Gasteiger partial charge in [0.05, 0.1) is 27.1 Å². The van der Waals surface area contributed by atoms with E-state index in [1.54, 1.807) is 24.5 Å². The first-order valence-electron chi connectivity index (χ1n) is 24.7. The molecule has 76 heavy (non-hydrogen) atoms. The normalized spacial score (nSPS) is 11.8. The minimum absolute atomic E-state index is 0.646. The standard InChI is InChI=1S/C32H18N4S.C27H17N3S.C5H3BrClN/c1-2-7-19(8-3-1)36-26-13-12-21-20-9-4-5-11-28(20)37-30(21)29(26)25-17-23-22-10-6-14-33-31(22)35-16-15-34-32(35)24(23)18-27(25)36;1-2-6-18(7-3-1)30-22-13-12-20-19-8-4-5-9-24(19)31-26(20)25(22)21-11-10-17(16-23(21)30)27-28-14-15-29-27;6-5-4(7)2-1-3-8-5/h1-18H;1-16H,(H,28,29);1-3H. The van der Waals surface area contributed by atoms with Gasteiger partial charge in [0, 0.05) is 127 Å². The van der Waals surface area contributed by atoms with Gasteiger partial charge in [-0.2, -0.15) is 0 Å². The highest BCUT2D eigenvalue weighted by molar-refractivity contribution is 9.10. The van der Waals surface area contributed by atoms with Crippen molar-refractivity contribution in [1.29, 1.82) is 0 Å². The molecule has 12 heteroatoms. The van der Waals surface area contributed by atoms with Gasteiger partial charge in [-0.05, 0) is 112 Å². The molecule has 1 N–H and O–H groups in total. The molecule has 0 unspecified atom stereocenters. The predicted octanol–water partition coefficient (Wildman–Crippen LogP) is 18.5. The van der Waals surface area contributed by atoms with Crippen molar-refractivity contribution in [2.45, 2.75) is 0 Å². The molecule has 8 aromatic carbocycles. The Balaban J connectivity index is 0.000000118. The zero-order valence-corrected chi connectivity index (χ0v) is 44.0. The maximum atomic E-state index is 5.60. The van der Waals surface area contributed by atoms with Crippen molar-refractivity contribution in [3.8, 4) is 22.8 Å². The highest BCUT2D eigenvalue weighted by Crippen LogP contribution is 2.46. The molecule has 8 nitrogen and oxygen atoms in total. The van der Waals surface area contributed by atoms with E-state index >= 15 is 0 Å². The Kier molecular flexibility index (Phi) is 10.6. The molecule has 0 bridgehead atoms. The van der Waals surface area contributed by atoms with Gasteiger partial charge in [0.15, 0.2) is 0 Å². The van der Waals surface area contributed by atoms with Gasteiger partial charge >= 0.3 is 0 Å². The van der Waals surface area contributed by atoms with E-state index in [0.717, 1.165) is 39.1 Å². The fraction of sp³-hybridized carbons (Fsp3) is 0. The van der Waals surface area contributed by atoms with Crippen molar-refractivity contribution in [3.63, 3.8) is 0 Å². The fourth-order valence-corrected chi connectivity index (χ4v) is 14.0. The van der Waals surface area contributed by atoms with Gasteiger partial charge in [-0.1, -0.05) is 109 Å². The van der Waals surface area contributed by atoms with Gasteiger partial charge in [-0.25, -0.2) is 19.9 Å². The van der Waals surface area contributed by atoms with Crippen LogP contribution in [-0.4, -0.2) is 38.5 Å². The summed E-state index contributed by atoms with van der Waals surface area (Å²) in [6.07, 6.45) is 11.1. The molecule has 17 rings (SSSR count). The summed E-state index contributed by atoms with van der Waals surface area (Å²) in [5, 5.41) is 14.5. The second-order valence-electron chi connectivity index (χ2n) is 18.6. The highest BCUT2D eigenvalue weighted by Gasteiger charge is 2.22. The lowest BCUT2D eigenvalue weighted by molar-refractivity contribution is 1.18. The predicted molar refractivity (Wildman–Crippen MR) is 323 cm³/mol. The molecule has 360 valence electrons. The Hall–Kier alpha value is -8.71. The van der Waals surface area contributed by atoms with Gasteiger partial charge in [-0.3, -0.25) is 4.40 Å². The average molecular weight is 1100 g/mol. The summed E-state index contributed by atoms with van der Waals surface area (Å²) in [5.74, 6) is 0.888. The molecule has 0 saturated carbocycles. The van der Waals surface area contributed by atoms with E-state index in [4.69, 9.17) is 21.6 Å². The van der Waals surface area contributed by atoms with Crippen molar-refractivity contribution < 1.29 is 0 Å². The van der Waals surface area contributed by atoms with E-state index in [1.807, 2.05) is 53.5 Å². The van der Waals surface area contributed by atoms with Crippen LogP contribution in [0.3, 0.4) is 0 Å². The van der Waals surface area contributed by atoms with Crippen LogP contribution in [0.5, 0.6) is 0 Å². The maximum Gasteiger partial charge on any atom is 0.146 e. The summed E-state index contributed by atoms with van der Waals surface area (Å²) in [6.45, 7) is 0. The maximum absolute atomic E-state index is 5.60. The zero-order valence-electron chi connectivity index (χ0n) is 40.1. The minimum atomic E-state index is 0.646. The highest BCUT2D eigenvalue weighted by atomic mass is 79.9. The number of para-hydroxylation sites is 2. The van der Waals surface area contributed by atoms with Crippen LogP contribution in [0.25, 0.3) is 134 Å². The summed E-state index contributed by atoms with van der Waals surface area (Å²) < 4.78 is 12.9. The summed E-state index contributed by atoms with van der Waals surface area (Å²) in [5.41, 5.74) is 10.1. The molecule has 17 aromatic rings. The molecule has 0 aliphatic heterocycles. The number of benzene rings is 8. The Morgan fingerprint density at radius 1 is 0.421 bits per heavy atom. The van der Waals surface area contributed by atoms with Crippen LogP contribution in [0.4, 0.5) is 0 Å². The lowest BCUT2D eigenvalue weighted by atomic mass is 10.0. The Morgan fingerprint density at radius 2 is 0.987 bits per heavy atom. The minimum Gasteiger partial charge on any atom is -0.345 e. The zero-order chi connectivity index (χ0) is 50.4. The van der Waals surface area contributed by atoms with Gasteiger partial charge in [0.2, 0.25) is 0 Å². The third-order valence-corrected chi connectivity index (χ3v) is 18.0. The number of imidazole rings is 2. The van der Waals surface area contributed by atoms with Gasteiger partial charge in [0.25, 0.3) is 0 Å². The molecule has 0 saturated heterocycles. The second-order valence-corrected chi connectivity index (χ2v) is 21.8. The summed E-state index contributed by atoms with van der Waals surface area (Å²) >= 11 is 12.5. The molecule has 0 amide bonds. The largest absolute Gasteiger partial charge is 0.345 e. The third-order valence-electron chi connectivity index (χ3n) is 14.4. The monoisotopic (exact) mass is 1100 g/mol. The number of hydrogen-bond donors (Lipinski definition) is 1. The molecule has 0 radical (unpaired) electrons. The molecular weight excluding hydrogens is 1060 g/mol. The first-order valence-corrected chi connectivity index (χ1v) is 27.5. The number of rotatable bonds is 3. The van der Waals surface area contributed by atoms with Crippen molar-refractivity contribution in [2.24, 2.45) is 0 Å². The number of aromatic nitrogens is 8. The van der Waals surface area contributed by atoms with Crippen LogP contribution in [0.15, 0.2) is 230 Å². The molecule has 9 aromatic heterocycles. The van der Waals surface area contributed by atoms with E-state index in [2.05, 4.69) is 214 Å². The van der Waals surface area contributed by atoms with Crippen molar-refractivity contribution in [3.05, 3.63) is 235 Å². The Labute approximate surface area is 454 Å². The smallest absolute Gasteiger partial charge is 0.146 e. The van der Waals surface area contributed by atoms with Crippen LogP contribution < -0.4 is 0 Å². The summed E-state index contributed by atoms with van der Waals surface area (Å²) in [4.78, 5) is 21.0. The number of nitrogens with one attached hydrogen (secondary N) is 1. The quantitative estimate of drug-likeness (QED) is 0.141. The lowest BCUT2D eigenvalue weighted by Crippen LogP contribution is -1.95. The van der Waals surface area contributed by atoms with E-state index < -0.39 is 0 Å². The van der Waals surface area contributed by atoms with E-state index in [1.165, 1.54) is 95.0 Å². The van der Waals surface area contributed by atoms with Crippen LogP contribution in [0.2, 0.25) is 5.02 Å². The fourth-order valence-electron chi connectivity index (χ4n) is 11.1. The number of halogens is 2. The number of aromatic amines is 1. The molecule has 0 aliphatic carbocycles. The van der Waals surface area contributed by atoms with Gasteiger partial charge in [-0.15, -0.1) is 22.7 Å². The number of fused-ring (bicyclic) bond motifs is 20. The van der Waals surface area contributed by atoms with Gasteiger partial charge in [0.1, 0.15) is 21.7 Å². The number of nitrogens with zero attached hydrogens (tertiary/aromatic N) is 7. The molecular formula is C64H38BrClN8S2. The number of H-pyrrole nitrogens is 1. The van der Waals surface area contributed by atoms with E-state index in [0.29, 0.717) is 9.63 Å². The first-order chi connectivity index (χ1) is 37.6. The number of pyridine rings is 3. The average Bonchev–Trinajstić information content (AvgIpc) is 4.40. The number of hydrogen-bond acceptors (Lipinski definition) is 6. The second kappa shape index (κ2) is 18.0. The van der Waals surface area contributed by atoms with Crippen molar-refractivity contribution in [2.75, 3.05) is 0 Å². The SMILES string of the molecule is Clc1cccnc1Br.c1ccc(-n2c3cc(-c4ncc[nH]4)ccc3c3c4sc5ccccc5c4ccc32)cc1.c1ccc(-n2c3cc4c(cc3c3c5sc6ccccc6c5ccc32)c2cccnc2n2ccnc42)cc1. The van der Waals surface area contributed by atoms with Crippen molar-refractivity contribution >= 4 is 162 Å². The summed E-state index contributed by atoms with van der Waals surface area (Å²) in [7, 11) is 0. The third kappa shape index (κ3) is 7.08. The van der Waals surface area contributed by atoms with Crippen LogP contribution >= 0.6 is 50.2 Å². The Bertz CT molecular complexity index is 5080. The van der Waals surface area contributed by atoms with Gasteiger partial charge < -0.3 is 14.1 Å². The van der Waals surface area contributed by atoms with Crippen LogP contribution in [0, 0.1) is 0 Å². The van der Waals surface area contributed by atoms with Crippen molar-refractivity contribution in [1.82, 2.24) is 38.5 Å². The Morgan fingerprint density at radius 3 is 1.62 bits per heavy atom. The molecule has 9 heterocycles. The molecule has 0 atom stereocenters.